The highest BCUT2D eigenvalue weighted by Crippen LogP contribution is 2.32. The van der Waals surface area contributed by atoms with E-state index in [0.29, 0.717) is 19.0 Å². The van der Waals surface area contributed by atoms with Crippen LogP contribution < -0.4 is 25.2 Å². The number of primary sulfonamides is 1. The molecule has 0 amide bonds. The lowest BCUT2D eigenvalue weighted by molar-refractivity contribution is 0.174. The normalized spacial score (nSPS) is 13.4. The number of aliphatic imine (C=N–C) groups is 1. The van der Waals surface area contributed by atoms with Gasteiger partial charge in [-0.25, -0.2) is 18.5 Å². The number of sulfonamides is 1. The molecule has 1 aliphatic heterocycles. The second kappa shape index (κ2) is 8.94. The third-order valence-electron chi connectivity index (χ3n) is 4.16. The Hall–Kier alpha value is -2.78. The van der Waals surface area contributed by atoms with E-state index in [1.165, 1.54) is 12.1 Å². The summed E-state index contributed by atoms with van der Waals surface area (Å²) in [6, 6.07) is 12.3. The summed E-state index contributed by atoms with van der Waals surface area (Å²) >= 11 is 0. The minimum absolute atomic E-state index is 0.0917. The van der Waals surface area contributed by atoms with Crippen molar-refractivity contribution >= 4 is 16.0 Å². The average molecular weight is 404 g/mol. The molecule has 0 saturated carbocycles. The third-order valence-corrected chi connectivity index (χ3v) is 5.09. The van der Waals surface area contributed by atoms with Gasteiger partial charge in [0.15, 0.2) is 17.5 Å². The zero-order valence-corrected chi connectivity index (χ0v) is 16.5. The van der Waals surface area contributed by atoms with Crippen LogP contribution in [0.15, 0.2) is 52.4 Å². The Bertz CT molecular complexity index is 943. The number of ether oxygens (including phenoxy) is 2. The summed E-state index contributed by atoms with van der Waals surface area (Å²) in [5.74, 6) is 2.25. The molecule has 2 aromatic rings. The standard InChI is InChI=1S/C19H24N4O4S/c1-2-21-19(23-12-15-3-6-16(7-4-15)28(20,24)25)22-10-9-14-5-8-17-18(11-14)27-13-26-17/h3-8,11H,2,9-10,12-13H2,1H3,(H2,20,24,25)(H2,21,22,23). The van der Waals surface area contributed by atoms with E-state index >= 15 is 0 Å². The van der Waals surface area contributed by atoms with E-state index in [-0.39, 0.29) is 11.7 Å². The van der Waals surface area contributed by atoms with Crippen molar-refractivity contribution in [3.8, 4) is 11.5 Å². The van der Waals surface area contributed by atoms with E-state index in [1.807, 2.05) is 25.1 Å². The highest BCUT2D eigenvalue weighted by atomic mass is 32.2. The van der Waals surface area contributed by atoms with Crippen molar-refractivity contribution in [2.45, 2.75) is 24.8 Å². The maximum atomic E-state index is 11.3. The number of guanidine groups is 1. The molecule has 8 nitrogen and oxygen atoms in total. The van der Waals surface area contributed by atoms with E-state index < -0.39 is 10.0 Å². The van der Waals surface area contributed by atoms with Crippen LogP contribution >= 0.6 is 0 Å². The topological polar surface area (TPSA) is 115 Å². The number of benzene rings is 2. The van der Waals surface area contributed by atoms with Crippen molar-refractivity contribution in [1.29, 1.82) is 0 Å². The van der Waals surface area contributed by atoms with Crippen LogP contribution in [0, 0.1) is 0 Å². The maximum Gasteiger partial charge on any atom is 0.238 e. The van der Waals surface area contributed by atoms with Crippen molar-refractivity contribution in [1.82, 2.24) is 10.6 Å². The van der Waals surface area contributed by atoms with Gasteiger partial charge in [-0.15, -0.1) is 0 Å². The molecule has 2 aromatic carbocycles. The molecule has 28 heavy (non-hydrogen) atoms. The molecule has 0 fully saturated rings. The van der Waals surface area contributed by atoms with Gasteiger partial charge in [-0.2, -0.15) is 0 Å². The lowest BCUT2D eigenvalue weighted by Gasteiger charge is -2.11. The highest BCUT2D eigenvalue weighted by molar-refractivity contribution is 7.89. The maximum absolute atomic E-state index is 11.3. The van der Waals surface area contributed by atoms with Gasteiger partial charge in [0.25, 0.3) is 0 Å². The average Bonchev–Trinajstić information content (AvgIpc) is 3.13. The van der Waals surface area contributed by atoms with Gasteiger partial charge in [0.05, 0.1) is 11.4 Å². The van der Waals surface area contributed by atoms with Crippen molar-refractivity contribution < 1.29 is 17.9 Å². The predicted octanol–water partition coefficient (Wildman–Crippen LogP) is 1.36. The second-order valence-electron chi connectivity index (χ2n) is 6.25. The Morgan fingerprint density at radius 3 is 2.50 bits per heavy atom. The van der Waals surface area contributed by atoms with Gasteiger partial charge in [-0.1, -0.05) is 18.2 Å². The second-order valence-corrected chi connectivity index (χ2v) is 7.81. The number of nitrogens with one attached hydrogen (secondary N) is 2. The number of hydrogen-bond acceptors (Lipinski definition) is 5. The number of hydrogen-bond donors (Lipinski definition) is 3. The number of fused-ring (bicyclic) bond motifs is 1. The van der Waals surface area contributed by atoms with Gasteiger partial charge < -0.3 is 20.1 Å². The molecule has 9 heteroatoms. The van der Waals surface area contributed by atoms with Gasteiger partial charge in [0, 0.05) is 13.1 Å². The first-order chi connectivity index (χ1) is 13.5. The lowest BCUT2D eigenvalue weighted by atomic mass is 10.1. The molecule has 0 radical (unpaired) electrons. The summed E-state index contributed by atoms with van der Waals surface area (Å²) in [5, 5.41) is 11.6. The Labute approximate surface area is 164 Å². The SMILES string of the molecule is CCNC(=NCc1ccc(S(N)(=O)=O)cc1)NCCc1ccc2c(c1)OCO2. The summed E-state index contributed by atoms with van der Waals surface area (Å²) in [4.78, 5) is 4.63. The Kier molecular flexibility index (Phi) is 6.37. The molecule has 0 spiro atoms. The Morgan fingerprint density at radius 2 is 1.79 bits per heavy atom. The van der Waals surface area contributed by atoms with Gasteiger partial charge in [0.2, 0.25) is 16.8 Å². The molecule has 0 bridgehead atoms. The molecule has 4 N–H and O–H groups in total. The van der Waals surface area contributed by atoms with E-state index in [4.69, 9.17) is 14.6 Å². The van der Waals surface area contributed by atoms with Crippen LogP contribution in [0.1, 0.15) is 18.1 Å². The molecule has 0 saturated heterocycles. The molecule has 0 aliphatic carbocycles. The first-order valence-corrected chi connectivity index (χ1v) is 10.5. The van der Waals surface area contributed by atoms with E-state index in [0.717, 1.165) is 35.6 Å². The smallest absolute Gasteiger partial charge is 0.238 e. The predicted molar refractivity (Wildman–Crippen MR) is 107 cm³/mol. The van der Waals surface area contributed by atoms with Crippen LogP contribution in [0.3, 0.4) is 0 Å². The molecule has 0 atom stereocenters. The highest BCUT2D eigenvalue weighted by Gasteiger charge is 2.13. The monoisotopic (exact) mass is 404 g/mol. The van der Waals surface area contributed by atoms with Crippen LogP contribution in [0.4, 0.5) is 0 Å². The van der Waals surface area contributed by atoms with E-state index in [9.17, 15) is 8.42 Å². The molecule has 0 aromatic heterocycles. The minimum Gasteiger partial charge on any atom is -0.454 e. The van der Waals surface area contributed by atoms with Crippen molar-refractivity contribution in [2.24, 2.45) is 10.1 Å². The van der Waals surface area contributed by atoms with Crippen LogP contribution in [0.5, 0.6) is 11.5 Å². The van der Waals surface area contributed by atoms with Crippen molar-refractivity contribution in [2.75, 3.05) is 19.9 Å². The molecular weight excluding hydrogens is 380 g/mol. The van der Waals surface area contributed by atoms with Crippen molar-refractivity contribution in [3.05, 3.63) is 53.6 Å². The fourth-order valence-electron chi connectivity index (χ4n) is 2.72. The lowest BCUT2D eigenvalue weighted by Crippen LogP contribution is -2.38. The quantitative estimate of drug-likeness (QED) is 0.474. The van der Waals surface area contributed by atoms with Gasteiger partial charge in [-0.3, -0.25) is 0 Å². The summed E-state index contributed by atoms with van der Waals surface area (Å²) in [6.45, 7) is 4.13. The van der Waals surface area contributed by atoms with Gasteiger partial charge in [-0.05, 0) is 48.7 Å². The van der Waals surface area contributed by atoms with Crippen LogP contribution in [0.2, 0.25) is 0 Å². The zero-order chi connectivity index (χ0) is 20.0. The van der Waals surface area contributed by atoms with Crippen LogP contribution in [0.25, 0.3) is 0 Å². The number of nitrogens with zero attached hydrogens (tertiary/aromatic N) is 1. The van der Waals surface area contributed by atoms with E-state index in [1.54, 1.807) is 12.1 Å². The Morgan fingerprint density at radius 1 is 1.07 bits per heavy atom. The fraction of sp³-hybridized carbons (Fsp3) is 0.316. The zero-order valence-electron chi connectivity index (χ0n) is 15.6. The third kappa shape index (κ3) is 5.37. The first-order valence-electron chi connectivity index (χ1n) is 8.98. The molecule has 0 unspecified atom stereocenters. The summed E-state index contributed by atoms with van der Waals surface area (Å²) in [7, 11) is -3.68. The Balaban J connectivity index is 1.55. The molecule has 1 aliphatic rings. The molecule has 3 rings (SSSR count). The molecular formula is C19H24N4O4S. The number of rotatable bonds is 7. The van der Waals surface area contributed by atoms with Gasteiger partial charge >= 0.3 is 0 Å². The summed E-state index contributed by atoms with van der Waals surface area (Å²) in [5.41, 5.74) is 2.03. The summed E-state index contributed by atoms with van der Waals surface area (Å²) < 4.78 is 33.3. The molecule has 1 heterocycles. The van der Waals surface area contributed by atoms with Crippen LogP contribution in [-0.4, -0.2) is 34.3 Å². The van der Waals surface area contributed by atoms with Gasteiger partial charge in [0.1, 0.15) is 0 Å². The van der Waals surface area contributed by atoms with Crippen molar-refractivity contribution in [3.63, 3.8) is 0 Å². The fourth-order valence-corrected chi connectivity index (χ4v) is 3.23. The summed E-state index contributed by atoms with van der Waals surface area (Å²) in [6.07, 6.45) is 0.810. The molecule has 150 valence electrons. The number of nitrogens with two attached hydrogens (primary N) is 1. The first kappa shape index (κ1) is 20.0. The van der Waals surface area contributed by atoms with E-state index in [2.05, 4.69) is 15.6 Å². The minimum atomic E-state index is -3.68. The largest absolute Gasteiger partial charge is 0.454 e. The van der Waals surface area contributed by atoms with Crippen LogP contribution in [-0.2, 0) is 23.0 Å².